The number of carbonyl (C=O) groups is 2. The second kappa shape index (κ2) is 5.26. The molecule has 0 bridgehead atoms. The lowest BCUT2D eigenvalue weighted by atomic mass is 9.92. The first kappa shape index (κ1) is 13.3. The zero-order valence-corrected chi connectivity index (χ0v) is 10.7. The molecule has 0 saturated heterocycles. The van der Waals surface area contributed by atoms with Gasteiger partial charge in [-0.1, -0.05) is 12.8 Å². The largest absolute Gasteiger partial charge is 0.481 e. The zero-order valence-electron chi connectivity index (χ0n) is 10.7. The van der Waals surface area contributed by atoms with Gasteiger partial charge in [-0.2, -0.15) is 0 Å². The van der Waals surface area contributed by atoms with Crippen LogP contribution in [-0.4, -0.2) is 28.6 Å². The van der Waals surface area contributed by atoms with Gasteiger partial charge in [-0.15, -0.1) is 0 Å². The number of carboxylic acids is 1. The van der Waals surface area contributed by atoms with Gasteiger partial charge in [-0.3, -0.25) is 9.59 Å². The number of amides is 1. The van der Waals surface area contributed by atoms with Crippen LogP contribution in [0, 0.1) is 5.92 Å². The molecule has 5 nitrogen and oxygen atoms in total. The first-order chi connectivity index (χ1) is 8.51. The maximum atomic E-state index is 12.2. The van der Waals surface area contributed by atoms with Crippen molar-refractivity contribution in [1.29, 1.82) is 0 Å². The first-order valence-electron chi connectivity index (χ1n) is 6.80. The summed E-state index contributed by atoms with van der Waals surface area (Å²) in [5, 5.41) is 12.0. The summed E-state index contributed by atoms with van der Waals surface area (Å²) >= 11 is 0. The maximum absolute atomic E-state index is 12.2. The molecule has 1 amide bonds. The van der Waals surface area contributed by atoms with Crippen molar-refractivity contribution in [1.82, 2.24) is 5.32 Å². The Morgan fingerprint density at radius 1 is 1.28 bits per heavy atom. The van der Waals surface area contributed by atoms with Gasteiger partial charge in [-0.05, 0) is 32.1 Å². The minimum atomic E-state index is -0.833. The van der Waals surface area contributed by atoms with Crippen LogP contribution in [0.3, 0.4) is 0 Å². The van der Waals surface area contributed by atoms with E-state index in [1.54, 1.807) is 0 Å². The van der Waals surface area contributed by atoms with Crippen LogP contribution in [0.1, 0.15) is 51.4 Å². The number of nitrogens with two attached hydrogens (primary N) is 1. The second-order valence-electron chi connectivity index (χ2n) is 5.82. The molecule has 2 aliphatic rings. The van der Waals surface area contributed by atoms with Crippen molar-refractivity contribution >= 4 is 11.9 Å². The van der Waals surface area contributed by atoms with Gasteiger partial charge < -0.3 is 16.2 Å². The minimum absolute atomic E-state index is 0.00565. The Bertz CT molecular complexity index is 337. The van der Waals surface area contributed by atoms with Crippen LogP contribution < -0.4 is 11.1 Å². The number of carboxylic acid groups (broad SMARTS) is 1. The molecule has 2 unspecified atom stereocenters. The predicted octanol–water partition coefficient (Wildman–Crippen LogP) is 1.02. The van der Waals surface area contributed by atoms with E-state index in [0.717, 1.165) is 44.9 Å². The lowest BCUT2D eigenvalue weighted by Gasteiger charge is -2.30. The molecule has 0 aromatic rings. The van der Waals surface area contributed by atoms with Gasteiger partial charge in [0.1, 0.15) is 0 Å². The van der Waals surface area contributed by atoms with E-state index in [-0.39, 0.29) is 24.3 Å². The molecule has 0 heterocycles. The van der Waals surface area contributed by atoms with Crippen LogP contribution in [-0.2, 0) is 9.59 Å². The van der Waals surface area contributed by atoms with Gasteiger partial charge in [0.25, 0.3) is 0 Å². The molecule has 0 radical (unpaired) electrons. The van der Waals surface area contributed by atoms with Crippen molar-refractivity contribution in [2.75, 3.05) is 0 Å². The number of nitrogens with one attached hydrogen (secondary N) is 1. The first-order valence-corrected chi connectivity index (χ1v) is 6.80. The molecule has 2 fully saturated rings. The smallest absolute Gasteiger partial charge is 0.305 e. The highest BCUT2D eigenvalue weighted by molar-refractivity contribution is 5.81. The van der Waals surface area contributed by atoms with E-state index in [1.165, 1.54) is 0 Å². The molecule has 2 atom stereocenters. The summed E-state index contributed by atoms with van der Waals surface area (Å²) in [6, 6.07) is 0.125. The highest BCUT2D eigenvalue weighted by Gasteiger charge is 2.39. The molecule has 0 spiro atoms. The van der Waals surface area contributed by atoms with Crippen molar-refractivity contribution < 1.29 is 14.7 Å². The Hall–Kier alpha value is -1.10. The Morgan fingerprint density at radius 2 is 1.94 bits per heavy atom. The van der Waals surface area contributed by atoms with Crippen molar-refractivity contribution in [3.63, 3.8) is 0 Å². The Morgan fingerprint density at radius 3 is 2.44 bits per heavy atom. The molecule has 4 N–H and O–H groups in total. The average Bonchev–Trinajstić information content (AvgIpc) is 2.87. The Balaban J connectivity index is 1.96. The minimum Gasteiger partial charge on any atom is -0.481 e. The van der Waals surface area contributed by atoms with Crippen LogP contribution >= 0.6 is 0 Å². The Kier molecular flexibility index (Phi) is 3.90. The number of aliphatic carboxylic acids is 1. The van der Waals surface area contributed by atoms with Crippen LogP contribution in [0.25, 0.3) is 0 Å². The summed E-state index contributed by atoms with van der Waals surface area (Å²) in [7, 11) is 0. The third-order valence-electron chi connectivity index (χ3n) is 4.28. The number of rotatable bonds is 4. The zero-order chi connectivity index (χ0) is 13.2. The van der Waals surface area contributed by atoms with Crippen molar-refractivity contribution in [3.8, 4) is 0 Å². The number of hydrogen-bond donors (Lipinski definition) is 3. The molecule has 2 saturated carbocycles. The predicted molar refractivity (Wildman–Crippen MR) is 66.9 cm³/mol. The molecule has 18 heavy (non-hydrogen) atoms. The lowest BCUT2D eigenvalue weighted by molar-refractivity contribution is -0.139. The monoisotopic (exact) mass is 254 g/mol. The topological polar surface area (TPSA) is 92.4 Å². The van der Waals surface area contributed by atoms with Gasteiger partial charge in [0.15, 0.2) is 0 Å². The van der Waals surface area contributed by atoms with Crippen molar-refractivity contribution in [3.05, 3.63) is 0 Å². The Labute approximate surface area is 107 Å². The van der Waals surface area contributed by atoms with Crippen molar-refractivity contribution in [2.45, 2.75) is 62.9 Å². The van der Waals surface area contributed by atoms with Crippen LogP contribution in [0.5, 0.6) is 0 Å². The third kappa shape index (κ3) is 3.02. The van der Waals surface area contributed by atoms with Gasteiger partial charge in [0.05, 0.1) is 12.0 Å². The number of hydrogen-bond acceptors (Lipinski definition) is 3. The molecule has 2 rings (SSSR count). The maximum Gasteiger partial charge on any atom is 0.305 e. The molecule has 0 aromatic carbocycles. The van der Waals surface area contributed by atoms with Crippen molar-refractivity contribution in [2.24, 2.45) is 11.7 Å². The standard InChI is InChI=1S/C13H22N2O3/c14-10-4-3-9(7-10)12(18)15-13(8-11(16)17)5-1-2-6-13/h9-10H,1-8,14H2,(H,15,18)(H,16,17). The van der Waals surface area contributed by atoms with Crippen LogP contribution in [0.4, 0.5) is 0 Å². The van der Waals surface area contributed by atoms with E-state index in [2.05, 4.69) is 5.32 Å². The SMILES string of the molecule is NC1CCC(C(=O)NC2(CC(=O)O)CCCC2)C1. The summed E-state index contributed by atoms with van der Waals surface area (Å²) in [5.41, 5.74) is 5.31. The molecule has 102 valence electrons. The lowest BCUT2D eigenvalue weighted by Crippen LogP contribution is -2.49. The molecule has 0 aromatic heterocycles. The normalized spacial score (nSPS) is 30.3. The second-order valence-corrected chi connectivity index (χ2v) is 5.82. The summed E-state index contributed by atoms with van der Waals surface area (Å²) in [4.78, 5) is 23.1. The quantitative estimate of drug-likeness (QED) is 0.698. The van der Waals surface area contributed by atoms with E-state index in [0.29, 0.717) is 0 Å². The van der Waals surface area contributed by atoms with E-state index >= 15 is 0 Å². The summed E-state index contributed by atoms with van der Waals surface area (Å²) in [6.45, 7) is 0. The van der Waals surface area contributed by atoms with Crippen LogP contribution in [0.2, 0.25) is 0 Å². The summed E-state index contributed by atoms with van der Waals surface area (Å²) < 4.78 is 0. The van der Waals surface area contributed by atoms with E-state index in [9.17, 15) is 9.59 Å². The fourth-order valence-electron chi connectivity index (χ4n) is 3.31. The number of carbonyl (C=O) groups excluding carboxylic acids is 1. The molecular formula is C13H22N2O3. The van der Waals surface area contributed by atoms with E-state index in [4.69, 9.17) is 10.8 Å². The van der Waals surface area contributed by atoms with Gasteiger partial charge in [0.2, 0.25) is 5.91 Å². The van der Waals surface area contributed by atoms with E-state index < -0.39 is 11.5 Å². The highest BCUT2D eigenvalue weighted by atomic mass is 16.4. The van der Waals surface area contributed by atoms with Gasteiger partial charge in [0, 0.05) is 12.0 Å². The fourth-order valence-corrected chi connectivity index (χ4v) is 3.31. The summed E-state index contributed by atoms with van der Waals surface area (Å²) in [5.74, 6) is -0.849. The highest BCUT2D eigenvalue weighted by Crippen LogP contribution is 2.34. The molecule has 0 aliphatic heterocycles. The van der Waals surface area contributed by atoms with E-state index in [1.807, 2.05) is 0 Å². The molecule has 2 aliphatic carbocycles. The van der Waals surface area contributed by atoms with Crippen LogP contribution in [0.15, 0.2) is 0 Å². The third-order valence-corrected chi connectivity index (χ3v) is 4.28. The van der Waals surface area contributed by atoms with Gasteiger partial charge >= 0.3 is 5.97 Å². The molecular weight excluding hydrogens is 232 g/mol. The fraction of sp³-hybridized carbons (Fsp3) is 0.846. The van der Waals surface area contributed by atoms with Gasteiger partial charge in [-0.25, -0.2) is 0 Å². The summed E-state index contributed by atoms with van der Waals surface area (Å²) in [6.07, 6.45) is 6.05. The molecule has 5 heteroatoms. The average molecular weight is 254 g/mol.